The van der Waals surface area contributed by atoms with Crippen molar-refractivity contribution in [3.05, 3.63) is 89.5 Å². The highest BCUT2D eigenvalue weighted by Gasteiger charge is 2.45. The van der Waals surface area contributed by atoms with Gasteiger partial charge in [-0.2, -0.15) is 0 Å². The van der Waals surface area contributed by atoms with Gasteiger partial charge < -0.3 is 19.9 Å². The fourth-order valence-corrected chi connectivity index (χ4v) is 4.49. The number of ether oxygens (including phenoxy) is 3. The standard InChI is InChI=1S/C26H29NO3/c1-26(2)25(19-7-5-4-6-8-19)24(18-9-11-20(12-10-18)29-16-15-27)22-14-13-21(28-3)17-23(22)30-26/h4-14,17,24-25H,15-16,27H2,1-3H3/t24-,25+/m1/s1. The Hall–Kier alpha value is -2.98. The Labute approximate surface area is 178 Å². The van der Waals surface area contributed by atoms with Gasteiger partial charge in [0.05, 0.1) is 7.11 Å². The Morgan fingerprint density at radius 3 is 2.27 bits per heavy atom. The SMILES string of the molecule is COc1ccc2c(c1)OC(C)(C)[C@@H](c1ccccc1)[C@@H]2c1ccc(OCCN)cc1. The summed E-state index contributed by atoms with van der Waals surface area (Å²) in [7, 11) is 1.68. The summed E-state index contributed by atoms with van der Waals surface area (Å²) >= 11 is 0. The van der Waals surface area contributed by atoms with Crippen LogP contribution in [0.15, 0.2) is 72.8 Å². The van der Waals surface area contributed by atoms with Crippen LogP contribution in [0.5, 0.6) is 17.2 Å². The van der Waals surface area contributed by atoms with E-state index in [4.69, 9.17) is 19.9 Å². The average molecular weight is 404 g/mol. The Kier molecular flexibility index (Phi) is 5.69. The molecule has 0 saturated carbocycles. The molecule has 0 bridgehead atoms. The third kappa shape index (κ3) is 3.88. The molecule has 0 amide bonds. The zero-order valence-corrected chi connectivity index (χ0v) is 17.8. The fraction of sp³-hybridized carbons (Fsp3) is 0.308. The molecule has 1 heterocycles. The molecule has 2 N–H and O–H groups in total. The second-order valence-corrected chi connectivity index (χ2v) is 8.18. The van der Waals surface area contributed by atoms with Gasteiger partial charge in [-0.1, -0.05) is 48.5 Å². The van der Waals surface area contributed by atoms with Crippen molar-refractivity contribution in [1.82, 2.24) is 0 Å². The van der Waals surface area contributed by atoms with Crippen molar-refractivity contribution in [1.29, 1.82) is 0 Å². The third-order valence-electron chi connectivity index (χ3n) is 5.80. The van der Waals surface area contributed by atoms with E-state index in [1.54, 1.807) is 7.11 Å². The van der Waals surface area contributed by atoms with E-state index in [1.807, 2.05) is 24.3 Å². The first-order valence-corrected chi connectivity index (χ1v) is 10.4. The van der Waals surface area contributed by atoms with Gasteiger partial charge >= 0.3 is 0 Å². The molecule has 4 rings (SSSR count). The van der Waals surface area contributed by atoms with E-state index < -0.39 is 5.60 Å². The molecule has 1 aliphatic rings. The van der Waals surface area contributed by atoms with Crippen LogP contribution in [0.2, 0.25) is 0 Å². The number of fused-ring (bicyclic) bond motifs is 1. The molecule has 3 aromatic carbocycles. The highest BCUT2D eigenvalue weighted by molar-refractivity contribution is 5.52. The minimum Gasteiger partial charge on any atom is -0.497 e. The molecule has 0 spiro atoms. The molecule has 0 saturated heterocycles. The largest absolute Gasteiger partial charge is 0.497 e. The molecule has 1 aliphatic heterocycles. The molecule has 2 atom stereocenters. The normalized spacial score (nSPS) is 19.5. The van der Waals surface area contributed by atoms with Crippen molar-refractivity contribution in [3.8, 4) is 17.2 Å². The predicted molar refractivity (Wildman–Crippen MR) is 120 cm³/mol. The van der Waals surface area contributed by atoms with Crippen LogP contribution >= 0.6 is 0 Å². The van der Waals surface area contributed by atoms with Gasteiger partial charge in [0.15, 0.2) is 0 Å². The van der Waals surface area contributed by atoms with E-state index in [9.17, 15) is 0 Å². The lowest BCUT2D eigenvalue weighted by Gasteiger charge is -2.45. The molecular weight excluding hydrogens is 374 g/mol. The highest BCUT2D eigenvalue weighted by atomic mass is 16.5. The molecule has 4 nitrogen and oxygen atoms in total. The maximum atomic E-state index is 6.54. The van der Waals surface area contributed by atoms with Gasteiger partial charge in [0.25, 0.3) is 0 Å². The van der Waals surface area contributed by atoms with E-state index >= 15 is 0 Å². The van der Waals surface area contributed by atoms with E-state index in [0.717, 1.165) is 17.2 Å². The molecule has 0 aromatic heterocycles. The quantitative estimate of drug-likeness (QED) is 0.621. The molecule has 0 radical (unpaired) electrons. The Bertz CT molecular complexity index is 983. The smallest absolute Gasteiger partial charge is 0.127 e. The summed E-state index contributed by atoms with van der Waals surface area (Å²) in [6.45, 7) is 5.34. The molecule has 0 aliphatic carbocycles. The second-order valence-electron chi connectivity index (χ2n) is 8.18. The summed E-state index contributed by atoms with van der Waals surface area (Å²) < 4.78 is 17.7. The van der Waals surface area contributed by atoms with Gasteiger partial charge in [0.2, 0.25) is 0 Å². The first kappa shape index (κ1) is 20.3. The minimum atomic E-state index is -0.403. The van der Waals surface area contributed by atoms with Gasteiger partial charge in [0.1, 0.15) is 29.5 Å². The van der Waals surface area contributed by atoms with Crippen molar-refractivity contribution in [2.45, 2.75) is 31.3 Å². The summed E-state index contributed by atoms with van der Waals surface area (Å²) in [5, 5.41) is 0. The van der Waals surface area contributed by atoms with Crippen LogP contribution in [0, 0.1) is 0 Å². The number of hydrogen-bond donors (Lipinski definition) is 1. The van der Waals surface area contributed by atoms with Crippen molar-refractivity contribution in [3.63, 3.8) is 0 Å². The maximum absolute atomic E-state index is 6.54. The van der Waals surface area contributed by atoms with Crippen molar-refractivity contribution in [2.75, 3.05) is 20.3 Å². The van der Waals surface area contributed by atoms with Gasteiger partial charge in [0, 0.05) is 30.0 Å². The molecule has 0 unspecified atom stereocenters. The lowest BCUT2D eigenvalue weighted by molar-refractivity contribution is 0.0528. The number of benzene rings is 3. The monoisotopic (exact) mass is 403 g/mol. The number of methoxy groups -OCH3 is 1. The van der Waals surface area contributed by atoms with Crippen molar-refractivity contribution >= 4 is 0 Å². The minimum absolute atomic E-state index is 0.139. The van der Waals surface area contributed by atoms with Gasteiger partial charge in [-0.3, -0.25) is 0 Å². The summed E-state index contributed by atoms with van der Waals surface area (Å²) in [6.07, 6.45) is 0. The molecular formula is C26H29NO3. The Morgan fingerprint density at radius 1 is 0.900 bits per heavy atom. The molecule has 0 fully saturated rings. The average Bonchev–Trinajstić information content (AvgIpc) is 2.76. The highest BCUT2D eigenvalue weighted by Crippen LogP contribution is 2.53. The lowest BCUT2D eigenvalue weighted by Crippen LogP contribution is -2.43. The van der Waals surface area contributed by atoms with E-state index in [0.29, 0.717) is 13.2 Å². The first-order valence-electron chi connectivity index (χ1n) is 10.4. The van der Waals surface area contributed by atoms with Crippen LogP contribution in [0.1, 0.15) is 42.4 Å². The van der Waals surface area contributed by atoms with E-state index in [1.165, 1.54) is 16.7 Å². The number of rotatable bonds is 6. The van der Waals surface area contributed by atoms with Crippen LogP contribution in [-0.2, 0) is 0 Å². The predicted octanol–water partition coefficient (Wildman–Crippen LogP) is 5.12. The maximum Gasteiger partial charge on any atom is 0.127 e. The Morgan fingerprint density at radius 2 is 1.60 bits per heavy atom. The summed E-state index contributed by atoms with van der Waals surface area (Å²) in [5.41, 5.74) is 8.82. The van der Waals surface area contributed by atoms with Crippen LogP contribution in [0.3, 0.4) is 0 Å². The van der Waals surface area contributed by atoms with Crippen LogP contribution in [-0.4, -0.2) is 25.9 Å². The van der Waals surface area contributed by atoms with E-state index in [-0.39, 0.29) is 11.8 Å². The fourth-order valence-electron chi connectivity index (χ4n) is 4.49. The number of hydrogen-bond acceptors (Lipinski definition) is 4. The topological polar surface area (TPSA) is 53.7 Å². The van der Waals surface area contributed by atoms with E-state index in [2.05, 4.69) is 62.4 Å². The summed E-state index contributed by atoms with van der Waals surface area (Å²) in [6, 6.07) is 25.1. The molecule has 4 heteroatoms. The zero-order valence-electron chi connectivity index (χ0n) is 17.8. The zero-order chi connectivity index (χ0) is 21.1. The molecule has 3 aromatic rings. The van der Waals surface area contributed by atoms with Crippen molar-refractivity contribution in [2.24, 2.45) is 5.73 Å². The Balaban J connectivity index is 1.84. The number of nitrogens with two attached hydrogens (primary N) is 1. The third-order valence-corrected chi connectivity index (χ3v) is 5.80. The van der Waals surface area contributed by atoms with Crippen LogP contribution < -0.4 is 19.9 Å². The van der Waals surface area contributed by atoms with Gasteiger partial charge in [-0.05, 0) is 43.2 Å². The molecule has 156 valence electrons. The first-order chi connectivity index (χ1) is 14.5. The summed E-state index contributed by atoms with van der Waals surface area (Å²) in [4.78, 5) is 0. The second kappa shape index (κ2) is 8.41. The van der Waals surface area contributed by atoms with Crippen molar-refractivity contribution < 1.29 is 14.2 Å². The van der Waals surface area contributed by atoms with Gasteiger partial charge in [-0.25, -0.2) is 0 Å². The van der Waals surface area contributed by atoms with Crippen LogP contribution in [0.25, 0.3) is 0 Å². The summed E-state index contributed by atoms with van der Waals surface area (Å²) in [5.74, 6) is 2.80. The van der Waals surface area contributed by atoms with Crippen LogP contribution in [0.4, 0.5) is 0 Å². The van der Waals surface area contributed by atoms with Gasteiger partial charge in [-0.15, -0.1) is 0 Å². The lowest BCUT2D eigenvalue weighted by atomic mass is 9.68. The molecule has 30 heavy (non-hydrogen) atoms.